The number of ether oxygens (including phenoxy) is 1. The number of urea groups is 1. The maximum absolute atomic E-state index is 13.4. The Morgan fingerprint density at radius 2 is 2.35 bits per heavy atom. The van der Waals surface area contributed by atoms with Gasteiger partial charge in [0, 0.05) is 20.2 Å². The second kappa shape index (κ2) is 6.70. The van der Waals surface area contributed by atoms with Gasteiger partial charge in [-0.15, -0.1) is 0 Å². The highest BCUT2D eigenvalue weighted by molar-refractivity contribution is 5.75. The van der Waals surface area contributed by atoms with Gasteiger partial charge in [0.15, 0.2) is 0 Å². The Labute approximate surface area is 118 Å². The predicted octanol–water partition coefficient (Wildman–Crippen LogP) is 2.56. The molecule has 1 aromatic carbocycles. The number of halogens is 1. The lowest BCUT2D eigenvalue weighted by atomic mass is 10.0. The zero-order chi connectivity index (χ0) is 14.5. The van der Waals surface area contributed by atoms with Crippen molar-refractivity contribution in [3.63, 3.8) is 0 Å². The molecular formula is C15H21FN2O2. The number of methoxy groups -OCH3 is 1. The first kappa shape index (κ1) is 14.8. The molecule has 1 N–H and O–H groups in total. The van der Waals surface area contributed by atoms with E-state index in [4.69, 9.17) is 4.74 Å². The first-order chi connectivity index (χ1) is 9.61. The van der Waals surface area contributed by atoms with Gasteiger partial charge in [-0.2, -0.15) is 0 Å². The first-order valence-corrected chi connectivity index (χ1v) is 6.90. The standard InChI is InChI=1S/C15H21FN2O2/c1-11-8-14(12-4-3-5-13(16)9-12)18(10-11)15(19)17-6-7-20-2/h3-5,9,11,14H,6-8,10H2,1-2H3,(H,17,19)/t11-,14-/m1/s1. The first-order valence-electron chi connectivity index (χ1n) is 6.90. The number of nitrogens with zero attached hydrogens (tertiary/aromatic N) is 1. The smallest absolute Gasteiger partial charge is 0.318 e. The van der Waals surface area contributed by atoms with Crippen molar-refractivity contribution in [2.24, 2.45) is 5.92 Å². The van der Waals surface area contributed by atoms with E-state index in [9.17, 15) is 9.18 Å². The number of benzene rings is 1. The summed E-state index contributed by atoms with van der Waals surface area (Å²) in [5.41, 5.74) is 0.858. The van der Waals surface area contributed by atoms with Crippen LogP contribution in [0.1, 0.15) is 24.9 Å². The van der Waals surface area contributed by atoms with E-state index >= 15 is 0 Å². The second-order valence-electron chi connectivity index (χ2n) is 5.29. The minimum absolute atomic E-state index is 0.0526. The van der Waals surface area contributed by atoms with Crippen molar-refractivity contribution < 1.29 is 13.9 Å². The number of rotatable bonds is 4. The third kappa shape index (κ3) is 3.48. The molecule has 0 bridgehead atoms. The van der Waals surface area contributed by atoms with Gasteiger partial charge in [-0.25, -0.2) is 9.18 Å². The van der Waals surface area contributed by atoms with Gasteiger partial charge in [0.2, 0.25) is 0 Å². The molecule has 0 aliphatic carbocycles. The van der Waals surface area contributed by atoms with E-state index in [0.717, 1.165) is 12.0 Å². The van der Waals surface area contributed by atoms with E-state index in [1.165, 1.54) is 12.1 Å². The molecule has 4 nitrogen and oxygen atoms in total. The lowest BCUT2D eigenvalue weighted by Crippen LogP contribution is -2.41. The van der Waals surface area contributed by atoms with Crippen LogP contribution in [0.5, 0.6) is 0 Å². The van der Waals surface area contributed by atoms with Crippen molar-refractivity contribution >= 4 is 6.03 Å². The molecule has 1 heterocycles. The Balaban J connectivity index is 2.08. The molecule has 2 amide bonds. The van der Waals surface area contributed by atoms with E-state index in [-0.39, 0.29) is 17.9 Å². The molecule has 1 aliphatic heterocycles. The van der Waals surface area contributed by atoms with Gasteiger partial charge in [0.1, 0.15) is 5.82 Å². The van der Waals surface area contributed by atoms with Crippen LogP contribution in [0.2, 0.25) is 0 Å². The van der Waals surface area contributed by atoms with Crippen LogP contribution < -0.4 is 5.32 Å². The summed E-state index contributed by atoms with van der Waals surface area (Å²) in [6.45, 7) is 3.77. The number of nitrogens with one attached hydrogen (secondary N) is 1. The molecule has 0 radical (unpaired) electrons. The third-order valence-corrected chi connectivity index (χ3v) is 3.59. The molecule has 5 heteroatoms. The molecule has 0 spiro atoms. The Morgan fingerprint density at radius 1 is 1.55 bits per heavy atom. The molecule has 1 aliphatic rings. The summed E-state index contributed by atoms with van der Waals surface area (Å²) in [6, 6.07) is 6.34. The average molecular weight is 280 g/mol. The Hall–Kier alpha value is -1.62. The van der Waals surface area contributed by atoms with Crippen LogP contribution >= 0.6 is 0 Å². The molecule has 1 fully saturated rings. The summed E-state index contributed by atoms with van der Waals surface area (Å²) in [5, 5.41) is 2.83. The van der Waals surface area contributed by atoms with Gasteiger partial charge in [-0.3, -0.25) is 0 Å². The van der Waals surface area contributed by atoms with Gasteiger partial charge in [0.25, 0.3) is 0 Å². The molecule has 1 saturated heterocycles. The summed E-state index contributed by atoms with van der Waals surface area (Å²) >= 11 is 0. The minimum Gasteiger partial charge on any atom is -0.383 e. The number of hydrogen-bond acceptors (Lipinski definition) is 2. The zero-order valence-electron chi connectivity index (χ0n) is 11.9. The van der Waals surface area contributed by atoms with Crippen LogP contribution in [-0.2, 0) is 4.74 Å². The molecule has 2 atom stereocenters. The van der Waals surface area contributed by atoms with Gasteiger partial charge in [-0.1, -0.05) is 19.1 Å². The summed E-state index contributed by atoms with van der Waals surface area (Å²) < 4.78 is 18.3. The SMILES string of the molecule is COCCNC(=O)N1C[C@H](C)C[C@@H]1c1cccc(F)c1. The van der Waals surface area contributed by atoms with E-state index in [2.05, 4.69) is 12.2 Å². The number of likely N-dealkylation sites (tertiary alicyclic amines) is 1. The van der Waals surface area contributed by atoms with Crippen LogP contribution in [0.25, 0.3) is 0 Å². The molecule has 0 unspecified atom stereocenters. The number of hydrogen-bond donors (Lipinski definition) is 1. The van der Waals surface area contributed by atoms with Crippen molar-refractivity contribution in [2.75, 3.05) is 26.8 Å². The fourth-order valence-corrected chi connectivity index (χ4v) is 2.66. The monoisotopic (exact) mass is 280 g/mol. The highest BCUT2D eigenvalue weighted by Crippen LogP contribution is 2.35. The summed E-state index contributed by atoms with van der Waals surface area (Å²) in [5.74, 6) is 0.151. The quantitative estimate of drug-likeness (QED) is 0.861. The van der Waals surface area contributed by atoms with Crippen LogP contribution in [0, 0.1) is 11.7 Å². The summed E-state index contributed by atoms with van der Waals surface area (Å²) in [7, 11) is 1.60. The van der Waals surface area contributed by atoms with Crippen molar-refractivity contribution in [3.05, 3.63) is 35.6 Å². The minimum atomic E-state index is -0.262. The van der Waals surface area contributed by atoms with E-state index in [0.29, 0.717) is 25.6 Å². The fraction of sp³-hybridized carbons (Fsp3) is 0.533. The topological polar surface area (TPSA) is 41.6 Å². The molecule has 1 aromatic rings. The highest BCUT2D eigenvalue weighted by atomic mass is 19.1. The summed E-state index contributed by atoms with van der Waals surface area (Å²) in [6.07, 6.45) is 0.862. The van der Waals surface area contributed by atoms with Crippen molar-refractivity contribution in [1.82, 2.24) is 10.2 Å². The second-order valence-corrected chi connectivity index (χ2v) is 5.29. The Bertz CT molecular complexity index is 467. The van der Waals surface area contributed by atoms with Gasteiger partial charge < -0.3 is 15.0 Å². The van der Waals surface area contributed by atoms with Crippen LogP contribution in [0.4, 0.5) is 9.18 Å². The van der Waals surface area contributed by atoms with Gasteiger partial charge >= 0.3 is 6.03 Å². The largest absolute Gasteiger partial charge is 0.383 e. The number of carbonyl (C=O) groups is 1. The van der Waals surface area contributed by atoms with E-state index in [1.807, 2.05) is 6.07 Å². The predicted molar refractivity (Wildman–Crippen MR) is 74.9 cm³/mol. The average Bonchev–Trinajstić information content (AvgIpc) is 2.81. The van der Waals surface area contributed by atoms with Crippen molar-refractivity contribution in [3.8, 4) is 0 Å². The van der Waals surface area contributed by atoms with Crippen LogP contribution in [-0.4, -0.2) is 37.7 Å². The van der Waals surface area contributed by atoms with Gasteiger partial charge in [-0.05, 0) is 30.0 Å². The molecule has 110 valence electrons. The lowest BCUT2D eigenvalue weighted by Gasteiger charge is -2.25. The Kier molecular flexibility index (Phi) is 4.95. The van der Waals surface area contributed by atoms with Gasteiger partial charge in [0.05, 0.1) is 12.6 Å². The maximum atomic E-state index is 13.4. The number of amides is 2. The molecule has 20 heavy (non-hydrogen) atoms. The molecule has 0 saturated carbocycles. The molecular weight excluding hydrogens is 259 g/mol. The maximum Gasteiger partial charge on any atom is 0.318 e. The fourth-order valence-electron chi connectivity index (χ4n) is 2.66. The Morgan fingerprint density at radius 3 is 3.05 bits per heavy atom. The number of carbonyl (C=O) groups excluding carboxylic acids is 1. The summed E-state index contributed by atoms with van der Waals surface area (Å²) in [4.78, 5) is 14.0. The highest BCUT2D eigenvalue weighted by Gasteiger charge is 2.34. The molecule has 2 rings (SSSR count). The normalized spacial score (nSPS) is 22.1. The van der Waals surface area contributed by atoms with Crippen LogP contribution in [0.15, 0.2) is 24.3 Å². The lowest BCUT2D eigenvalue weighted by molar-refractivity contribution is 0.176. The van der Waals surface area contributed by atoms with E-state index in [1.54, 1.807) is 18.1 Å². The van der Waals surface area contributed by atoms with Crippen molar-refractivity contribution in [2.45, 2.75) is 19.4 Å². The van der Waals surface area contributed by atoms with E-state index < -0.39 is 0 Å². The van der Waals surface area contributed by atoms with Crippen molar-refractivity contribution in [1.29, 1.82) is 0 Å². The van der Waals surface area contributed by atoms with Crippen LogP contribution in [0.3, 0.4) is 0 Å². The third-order valence-electron chi connectivity index (χ3n) is 3.59. The molecule has 0 aromatic heterocycles. The zero-order valence-corrected chi connectivity index (χ0v) is 11.9.